The SMILES string of the molecule is OC(Cc1ccc(F)c(Oc2ccccc2)c1)/C(F)=C(/c1ccc(C(F)(F)F)cc1)C1CC1. The van der Waals surface area contributed by atoms with Gasteiger partial charge in [-0.3, -0.25) is 0 Å². The Morgan fingerprint density at radius 1 is 0.970 bits per heavy atom. The molecule has 0 aliphatic heterocycles. The number of benzene rings is 3. The molecule has 7 heteroatoms. The number of halogens is 5. The fraction of sp³-hybridized carbons (Fsp3) is 0.231. The highest BCUT2D eigenvalue weighted by molar-refractivity contribution is 5.72. The van der Waals surface area contributed by atoms with Gasteiger partial charge in [-0.2, -0.15) is 13.2 Å². The van der Waals surface area contributed by atoms with Crippen LogP contribution in [0.25, 0.3) is 5.57 Å². The van der Waals surface area contributed by atoms with Crippen LogP contribution >= 0.6 is 0 Å². The van der Waals surface area contributed by atoms with Crippen LogP contribution in [0.15, 0.2) is 78.6 Å². The molecule has 2 nitrogen and oxygen atoms in total. The van der Waals surface area contributed by atoms with Crippen LogP contribution in [-0.4, -0.2) is 11.2 Å². The predicted octanol–water partition coefficient (Wildman–Crippen LogP) is 7.33. The first-order valence-corrected chi connectivity index (χ1v) is 10.5. The van der Waals surface area contributed by atoms with Crippen molar-refractivity contribution in [2.75, 3.05) is 0 Å². The highest BCUT2D eigenvalue weighted by Crippen LogP contribution is 2.45. The van der Waals surface area contributed by atoms with E-state index in [0.29, 0.717) is 29.7 Å². The summed E-state index contributed by atoms with van der Waals surface area (Å²) in [5.41, 5.74) is 0.167. The zero-order valence-corrected chi connectivity index (χ0v) is 17.4. The number of aliphatic hydroxyl groups is 1. The van der Waals surface area contributed by atoms with Gasteiger partial charge in [0.1, 0.15) is 17.7 Å². The van der Waals surface area contributed by atoms with Crippen molar-refractivity contribution in [3.8, 4) is 11.5 Å². The number of ether oxygens (including phenoxy) is 1. The molecule has 0 radical (unpaired) electrons. The summed E-state index contributed by atoms with van der Waals surface area (Å²) < 4.78 is 73.6. The van der Waals surface area contributed by atoms with E-state index >= 15 is 4.39 Å². The molecule has 0 saturated heterocycles. The van der Waals surface area contributed by atoms with Crippen molar-refractivity contribution in [2.45, 2.75) is 31.5 Å². The standard InChI is InChI=1S/C26H21F5O2/c27-21-13-6-16(15-23(21)33-20-4-2-1-3-5-20)14-22(32)25(28)24(17-7-8-17)18-9-11-19(12-10-18)26(29,30)31/h1-6,9-13,15,17,22,32H,7-8,14H2/b25-24-. The summed E-state index contributed by atoms with van der Waals surface area (Å²) in [6, 6.07) is 16.9. The third kappa shape index (κ3) is 5.60. The molecule has 3 aromatic carbocycles. The molecule has 4 rings (SSSR count). The van der Waals surface area contributed by atoms with E-state index in [0.717, 1.165) is 12.1 Å². The largest absolute Gasteiger partial charge is 0.454 e. The number of allylic oxidation sites excluding steroid dienone is 1. The van der Waals surface area contributed by atoms with Gasteiger partial charge in [-0.25, -0.2) is 8.78 Å². The Morgan fingerprint density at radius 2 is 1.64 bits per heavy atom. The summed E-state index contributed by atoms with van der Waals surface area (Å²) in [7, 11) is 0. The number of hydrogen-bond acceptors (Lipinski definition) is 2. The molecule has 0 aromatic heterocycles. The summed E-state index contributed by atoms with van der Waals surface area (Å²) in [5.74, 6) is -1.16. The lowest BCUT2D eigenvalue weighted by Crippen LogP contribution is -2.14. The maximum atomic E-state index is 15.3. The van der Waals surface area contributed by atoms with E-state index in [9.17, 15) is 22.7 Å². The third-order valence-electron chi connectivity index (χ3n) is 5.45. The lowest BCUT2D eigenvalue weighted by atomic mass is 9.95. The molecule has 1 N–H and O–H groups in total. The van der Waals surface area contributed by atoms with Crippen LogP contribution in [0.2, 0.25) is 0 Å². The van der Waals surface area contributed by atoms with E-state index in [1.807, 2.05) is 0 Å². The van der Waals surface area contributed by atoms with Crippen molar-refractivity contribution in [3.05, 3.63) is 101 Å². The monoisotopic (exact) mass is 460 g/mol. The fourth-order valence-electron chi connectivity index (χ4n) is 3.64. The van der Waals surface area contributed by atoms with Crippen molar-refractivity contribution in [1.29, 1.82) is 0 Å². The average molecular weight is 460 g/mol. The highest BCUT2D eigenvalue weighted by Gasteiger charge is 2.34. The first-order valence-electron chi connectivity index (χ1n) is 10.5. The van der Waals surface area contributed by atoms with Crippen molar-refractivity contribution in [2.24, 2.45) is 5.92 Å². The summed E-state index contributed by atoms with van der Waals surface area (Å²) >= 11 is 0. The van der Waals surface area contributed by atoms with Gasteiger partial charge in [0.2, 0.25) is 0 Å². The van der Waals surface area contributed by atoms with Crippen LogP contribution in [0.3, 0.4) is 0 Å². The van der Waals surface area contributed by atoms with E-state index in [-0.39, 0.29) is 23.7 Å². The molecule has 0 spiro atoms. The Labute approximate surface area is 188 Å². The summed E-state index contributed by atoms with van der Waals surface area (Å²) in [5, 5.41) is 10.6. The molecule has 0 amide bonds. The number of rotatable bonds is 7. The van der Waals surface area contributed by atoms with Gasteiger partial charge in [0.15, 0.2) is 11.6 Å². The van der Waals surface area contributed by atoms with Gasteiger partial charge in [-0.05, 0) is 71.9 Å². The Hall–Kier alpha value is -3.19. The lowest BCUT2D eigenvalue weighted by molar-refractivity contribution is -0.137. The van der Waals surface area contributed by atoms with Gasteiger partial charge in [0.25, 0.3) is 0 Å². The first kappa shape index (κ1) is 23.0. The second-order valence-corrected chi connectivity index (χ2v) is 8.01. The summed E-state index contributed by atoms with van der Waals surface area (Å²) in [6.07, 6.45) is -4.77. The van der Waals surface area contributed by atoms with Crippen molar-refractivity contribution in [3.63, 3.8) is 0 Å². The van der Waals surface area contributed by atoms with Crippen LogP contribution in [0.4, 0.5) is 22.0 Å². The lowest BCUT2D eigenvalue weighted by Gasteiger charge is -2.16. The van der Waals surface area contributed by atoms with E-state index in [4.69, 9.17) is 4.74 Å². The van der Waals surface area contributed by atoms with Crippen molar-refractivity contribution >= 4 is 5.57 Å². The molecule has 33 heavy (non-hydrogen) atoms. The van der Waals surface area contributed by atoms with Crippen molar-refractivity contribution < 1.29 is 31.8 Å². The first-order chi connectivity index (χ1) is 15.7. The molecular weight excluding hydrogens is 439 g/mol. The zero-order valence-electron chi connectivity index (χ0n) is 17.4. The van der Waals surface area contributed by atoms with Crippen LogP contribution in [-0.2, 0) is 12.6 Å². The van der Waals surface area contributed by atoms with Crippen LogP contribution in [0.5, 0.6) is 11.5 Å². The molecule has 1 aliphatic carbocycles. The number of para-hydroxylation sites is 1. The normalized spacial score (nSPS) is 15.7. The maximum Gasteiger partial charge on any atom is 0.416 e. The Morgan fingerprint density at radius 3 is 2.24 bits per heavy atom. The number of hydrogen-bond donors (Lipinski definition) is 1. The minimum Gasteiger partial charge on any atom is -0.454 e. The minimum absolute atomic E-state index is 0.0551. The summed E-state index contributed by atoms with van der Waals surface area (Å²) in [4.78, 5) is 0. The average Bonchev–Trinajstić information content (AvgIpc) is 3.62. The Balaban J connectivity index is 1.56. The molecule has 1 saturated carbocycles. The smallest absolute Gasteiger partial charge is 0.416 e. The number of aliphatic hydroxyl groups excluding tert-OH is 1. The van der Waals surface area contributed by atoms with Crippen molar-refractivity contribution in [1.82, 2.24) is 0 Å². The van der Waals surface area contributed by atoms with Gasteiger partial charge >= 0.3 is 6.18 Å². The van der Waals surface area contributed by atoms with E-state index in [1.54, 1.807) is 30.3 Å². The second-order valence-electron chi connectivity index (χ2n) is 8.01. The van der Waals surface area contributed by atoms with Gasteiger partial charge in [-0.1, -0.05) is 36.4 Å². The van der Waals surface area contributed by atoms with E-state index < -0.39 is 29.5 Å². The molecule has 1 atom stereocenters. The van der Waals surface area contributed by atoms with E-state index in [1.165, 1.54) is 30.3 Å². The third-order valence-corrected chi connectivity index (χ3v) is 5.45. The molecule has 1 fully saturated rings. The topological polar surface area (TPSA) is 29.5 Å². The van der Waals surface area contributed by atoms with Gasteiger partial charge < -0.3 is 9.84 Å². The summed E-state index contributed by atoms with van der Waals surface area (Å²) in [6.45, 7) is 0. The van der Waals surface area contributed by atoms with Gasteiger partial charge in [-0.15, -0.1) is 0 Å². The minimum atomic E-state index is -4.48. The molecule has 0 heterocycles. The Kier molecular flexibility index (Phi) is 6.51. The fourth-order valence-corrected chi connectivity index (χ4v) is 3.64. The van der Waals surface area contributed by atoms with E-state index in [2.05, 4.69) is 0 Å². The molecule has 0 bridgehead atoms. The van der Waals surface area contributed by atoms with Gasteiger partial charge in [0, 0.05) is 6.42 Å². The zero-order chi connectivity index (χ0) is 23.6. The molecule has 1 aliphatic rings. The van der Waals surface area contributed by atoms with Crippen LogP contribution in [0, 0.1) is 11.7 Å². The second kappa shape index (κ2) is 9.35. The van der Waals surface area contributed by atoms with Crippen LogP contribution in [0.1, 0.15) is 29.5 Å². The molecular formula is C26H21F5O2. The highest BCUT2D eigenvalue weighted by atomic mass is 19.4. The molecule has 1 unspecified atom stereocenters. The predicted molar refractivity (Wildman–Crippen MR) is 115 cm³/mol. The number of alkyl halides is 3. The van der Waals surface area contributed by atoms with Crippen LogP contribution < -0.4 is 4.74 Å². The molecule has 172 valence electrons. The van der Waals surface area contributed by atoms with Gasteiger partial charge in [0.05, 0.1) is 5.56 Å². The maximum absolute atomic E-state index is 15.3. The quantitative estimate of drug-likeness (QED) is 0.374. The molecule has 3 aromatic rings. The Bertz CT molecular complexity index is 1130.